The first-order valence-corrected chi connectivity index (χ1v) is 6.83. The number of nitrogens with zero attached hydrogens (tertiary/aromatic N) is 2. The van der Waals surface area contributed by atoms with E-state index in [2.05, 4.69) is 16.7 Å². The summed E-state index contributed by atoms with van der Waals surface area (Å²) in [6.07, 6.45) is 7.17. The summed E-state index contributed by atoms with van der Waals surface area (Å²) in [5.74, 6) is 1.04. The van der Waals surface area contributed by atoms with Gasteiger partial charge < -0.3 is 9.80 Å². The van der Waals surface area contributed by atoms with Gasteiger partial charge in [0.05, 0.1) is 0 Å². The molecule has 0 bridgehead atoms. The fourth-order valence-corrected chi connectivity index (χ4v) is 2.79. The minimum atomic E-state index is 1.04. The summed E-state index contributed by atoms with van der Waals surface area (Å²) in [7, 11) is 0. The lowest BCUT2D eigenvalue weighted by Crippen LogP contribution is -2.35. The first kappa shape index (κ1) is 11.4. The molecule has 1 aliphatic heterocycles. The highest BCUT2D eigenvalue weighted by molar-refractivity contribution is 4.76. The van der Waals surface area contributed by atoms with E-state index in [0.717, 1.165) is 5.92 Å². The van der Waals surface area contributed by atoms with Crippen molar-refractivity contribution in [3.63, 3.8) is 0 Å². The monoisotopic (exact) mass is 210 g/mol. The van der Waals surface area contributed by atoms with E-state index in [1.807, 2.05) is 0 Å². The second kappa shape index (κ2) is 5.86. The SMILES string of the molecule is CCCN1CCCN(CC2CCC2)CC1. The molecular formula is C13H26N2. The van der Waals surface area contributed by atoms with Crippen LogP contribution in [0, 0.1) is 5.92 Å². The molecule has 0 spiro atoms. The molecule has 2 aliphatic rings. The maximum atomic E-state index is 2.71. The van der Waals surface area contributed by atoms with E-state index in [0.29, 0.717) is 0 Å². The zero-order valence-corrected chi connectivity index (χ0v) is 10.2. The standard InChI is InChI=1S/C13H26N2/c1-2-7-14-8-4-9-15(11-10-14)12-13-5-3-6-13/h13H,2-12H2,1H3. The van der Waals surface area contributed by atoms with Crippen molar-refractivity contribution in [1.82, 2.24) is 9.80 Å². The molecule has 1 heterocycles. The van der Waals surface area contributed by atoms with E-state index < -0.39 is 0 Å². The number of rotatable bonds is 4. The van der Waals surface area contributed by atoms with Crippen molar-refractivity contribution in [1.29, 1.82) is 0 Å². The van der Waals surface area contributed by atoms with Crippen LogP contribution in [0.15, 0.2) is 0 Å². The highest BCUT2D eigenvalue weighted by Crippen LogP contribution is 2.27. The average molecular weight is 210 g/mol. The van der Waals surface area contributed by atoms with Crippen LogP contribution >= 0.6 is 0 Å². The van der Waals surface area contributed by atoms with Gasteiger partial charge in [-0.1, -0.05) is 13.3 Å². The molecule has 0 N–H and O–H groups in total. The molecule has 0 aromatic rings. The second-order valence-corrected chi connectivity index (χ2v) is 5.29. The van der Waals surface area contributed by atoms with Crippen LogP contribution in [0.5, 0.6) is 0 Å². The lowest BCUT2D eigenvalue weighted by Gasteiger charge is -2.31. The lowest BCUT2D eigenvalue weighted by molar-refractivity contribution is 0.179. The molecule has 0 amide bonds. The third kappa shape index (κ3) is 3.46. The molecule has 0 atom stereocenters. The Bertz CT molecular complexity index is 177. The van der Waals surface area contributed by atoms with E-state index in [1.165, 1.54) is 71.4 Å². The molecule has 0 aromatic carbocycles. The van der Waals surface area contributed by atoms with Crippen LogP contribution in [-0.4, -0.2) is 49.1 Å². The third-order valence-electron chi connectivity index (χ3n) is 3.96. The smallest absolute Gasteiger partial charge is 0.0109 e. The van der Waals surface area contributed by atoms with Gasteiger partial charge >= 0.3 is 0 Å². The summed E-state index contributed by atoms with van der Waals surface area (Å²) in [6.45, 7) is 10.3. The van der Waals surface area contributed by atoms with E-state index in [4.69, 9.17) is 0 Å². The van der Waals surface area contributed by atoms with Crippen molar-refractivity contribution in [2.24, 2.45) is 5.92 Å². The average Bonchev–Trinajstić information content (AvgIpc) is 2.38. The molecule has 0 aromatic heterocycles. The van der Waals surface area contributed by atoms with Crippen LogP contribution in [-0.2, 0) is 0 Å². The minimum absolute atomic E-state index is 1.04. The highest BCUT2D eigenvalue weighted by atomic mass is 15.2. The molecule has 1 aliphatic carbocycles. The molecule has 2 heteroatoms. The van der Waals surface area contributed by atoms with E-state index in [1.54, 1.807) is 0 Å². The lowest BCUT2D eigenvalue weighted by atomic mass is 9.85. The summed E-state index contributed by atoms with van der Waals surface area (Å²) in [5.41, 5.74) is 0. The van der Waals surface area contributed by atoms with Gasteiger partial charge in [0.1, 0.15) is 0 Å². The molecule has 2 nitrogen and oxygen atoms in total. The number of hydrogen-bond acceptors (Lipinski definition) is 2. The van der Waals surface area contributed by atoms with E-state index in [9.17, 15) is 0 Å². The van der Waals surface area contributed by atoms with Crippen LogP contribution in [0.2, 0.25) is 0 Å². The number of hydrogen-bond donors (Lipinski definition) is 0. The van der Waals surface area contributed by atoms with Gasteiger partial charge in [0.25, 0.3) is 0 Å². The maximum Gasteiger partial charge on any atom is 0.0109 e. The van der Waals surface area contributed by atoms with E-state index in [-0.39, 0.29) is 0 Å². The van der Waals surface area contributed by atoms with Crippen molar-refractivity contribution < 1.29 is 0 Å². The Kier molecular flexibility index (Phi) is 4.45. The van der Waals surface area contributed by atoms with Gasteiger partial charge in [0.15, 0.2) is 0 Å². The summed E-state index contributed by atoms with van der Waals surface area (Å²) in [5, 5.41) is 0. The van der Waals surface area contributed by atoms with Gasteiger partial charge in [0, 0.05) is 19.6 Å². The van der Waals surface area contributed by atoms with Gasteiger partial charge in [-0.3, -0.25) is 0 Å². The molecule has 88 valence electrons. The fourth-order valence-electron chi connectivity index (χ4n) is 2.79. The Balaban J connectivity index is 1.68. The summed E-state index contributed by atoms with van der Waals surface area (Å²) < 4.78 is 0. The molecule has 0 radical (unpaired) electrons. The summed E-state index contributed by atoms with van der Waals surface area (Å²) in [4.78, 5) is 5.35. The normalized spacial score (nSPS) is 26.2. The van der Waals surface area contributed by atoms with Crippen LogP contribution in [0.3, 0.4) is 0 Å². The first-order valence-electron chi connectivity index (χ1n) is 6.83. The largest absolute Gasteiger partial charge is 0.302 e. The predicted octanol–water partition coefficient (Wildman–Crippen LogP) is 2.20. The molecule has 1 saturated carbocycles. The molecule has 1 saturated heterocycles. The van der Waals surface area contributed by atoms with Crippen LogP contribution in [0.25, 0.3) is 0 Å². The first-order chi connectivity index (χ1) is 7.38. The van der Waals surface area contributed by atoms with Gasteiger partial charge in [0.2, 0.25) is 0 Å². The van der Waals surface area contributed by atoms with Crippen LogP contribution in [0.4, 0.5) is 0 Å². The summed E-state index contributed by atoms with van der Waals surface area (Å²) in [6, 6.07) is 0. The molecule has 15 heavy (non-hydrogen) atoms. The van der Waals surface area contributed by atoms with Crippen molar-refractivity contribution in [2.75, 3.05) is 39.3 Å². The zero-order valence-electron chi connectivity index (χ0n) is 10.2. The predicted molar refractivity (Wildman–Crippen MR) is 65.1 cm³/mol. The molecule has 2 fully saturated rings. The Labute approximate surface area is 94.6 Å². The Hall–Kier alpha value is -0.0800. The van der Waals surface area contributed by atoms with Crippen molar-refractivity contribution in [3.8, 4) is 0 Å². The topological polar surface area (TPSA) is 6.48 Å². The maximum absolute atomic E-state index is 2.71. The molecular weight excluding hydrogens is 184 g/mol. The van der Waals surface area contributed by atoms with Gasteiger partial charge in [-0.05, 0) is 51.2 Å². The van der Waals surface area contributed by atoms with Crippen LogP contribution in [0.1, 0.15) is 39.0 Å². The van der Waals surface area contributed by atoms with Crippen molar-refractivity contribution in [3.05, 3.63) is 0 Å². The van der Waals surface area contributed by atoms with Crippen molar-refractivity contribution in [2.45, 2.75) is 39.0 Å². The van der Waals surface area contributed by atoms with Crippen molar-refractivity contribution >= 4 is 0 Å². The molecule has 2 rings (SSSR count). The van der Waals surface area contributed by atoms with Crippen LogP contribution < -0.4 is 0 Å². The Morgan fingerprint density at radius 2 is 1.67 bits per heavy atom. The van der Waals surface area contributed by atoms with E-state index >= 15 is 0 Å². The zero-order chi connectivity index (χ0) is 10.5. The Morgan fingerprint density at radius 3 is 2.33 bits per heavy atom. The Morgan fingerprint density at radius 1 is 0.933 bits per heavy atom. The summed E-state index contributed by atoms with van der Waals surface area (Å²) >= 11 is 0. The minimum Gasteiger partial charge on any atom is -0.302 e. The second-order valence-electron chi connectivity index (χ2n) is 5.29. The fraction of sp³-hybridized carbons (Fsp3) is 1.00. The van der Waals surface area contributed by atoms with Gasteiger partial charge in [-0.25, -0.2) is 0 Å². The quantitative estimate of drug-likeness (QED) is 0.702. The molecule has 0 unspecified atom stereocenters. The third-order valence-corrected chi connectivity index (χ3v) is 3.96. The van der Waals surface area contributed by atoms with Gasteiger partial charge in [-0.2, -0.15) is 0 Å². The van der Waals surface area contributed by atoms with Gasteiger partial charge in [-0.15, -0.1) is 0 Å². The highest BCUT2D eigenvalue weighted by Gasteiger charge is 2.22.